The molecule has 1 aliphatic rings. The zero-order valence-electron chi connectivity index (χ0n) is 9.36. The molecular weight excluding hydrogens is 265 g/mol. The van der Waals surface area contributed by atoms with Gasteiger partial charge < -0.3 is 5.11 Å². The van der Waals surface area contributed by atoms with Crippen LogP contribution < -0.4 is 5.01 Å². The number of aliphatic carboxylic acids is 1. The summed E-state index contributed by atoms with van der Waals surface area (Å²) >= 11 is 0. The molecule has 1 amide bonds. The van der Waals surface area contributed by atoms with Gasteiger partial charge in [0.05, 0.1) is 18.6 Å². The van der Waals surface area contributed by atoms with Gasteiger partial charge in [-0.05, 0) is 0 Å². The highest BCUT2D eigenvalue weighted by molar-refractivity contribution is 6.16. The number of hydrazone groups is 1. The van der Waals surface area contributed by atoms with Crippen LogP contribution in [0, 0.1) is 17.5 Å². The fourth-order valence-corrected chi connectivity index (χ4v) is 1.62. The van der Waals surface area contributed by atoms with Gasteiger partial charge in [0.2, 0.25) is 0 Å². The molecule has 1 aliphatic heterocycles. The highest BCUT2D eigenvalue weighted by Gasteiger charge is 2.29. The van der Waals surface area contributed by atoms with E-state index in [0.717, 1.165) is 0 Å². The summed E-state index contributed by atoms with van der Waals surface area (Å²) in [5, 5.41) is 12.7. The smallest absolute Gasteiger partial charge is 0.309 e. The Labute approximate surface area is 104 Å². The lowest BCUT2D eigenvalue weighted by Crippen LogP contribution is -2.21. The molecule has 0 saturated heterocycles. The van der Waals surface area contributed by atoms with E-state index >= 15 is 0 Å². The van der Waals surface area contributed by atoms with E-state index in [2.05, 4.69) is 5.10 Å². The molecule has 0 fully saturated rings. The number of carbonyl (C=O) groups is 2. The standard InChI is InChI=1S/C11H7F3N2O3/c12-6-3-8(14)9(4-7(6)13)16-10(17)1-5(15-16)2-11(18)19/h3-4H,1-2H2,(H,18,19). The van der Waals surface area contributed by atoms with Crippen LogP contribution in [0.2, 0.25) is 0 Å². The molecule has 1 aromatic carbocycles. The first kappa shape index (κ1) is 13.1. The van der Waals surface area contributed by atoms with Crippen molar-refractivity contribution in [1.82, 2.24) is 0 Å². The summed E-state index contributed by atoms with van der Waals surface area (Å²) in [5.74, 6) is -5.78. The van der Waals surface area contributed by atoms with Gasteiger partial charge in [0.15, 0.2) is 17.5 Å². The van der Waals surface area contributed by atoms with E-state index in [1.807, 2.05) is 0 Å². The maximum absolute atomic E-state index is 13.5. The summed E-state index contributed by atoms with van der Waals surface area (Å²) in [6.07, 6.45) is -0.779. The minimum absolute atomic E-state index is 0.0154. The fraction of sp³-hybridized carbons (Fsp3) is 0.182. The minimum Gasteiger partial charge on any atom is -0.481 e. The number of anilines is 1. The van der Waals surface area contributed by atoms with E-state index in [1.165, 1.54) is 0 Å². The Bertz CT molecular complexity index is 601. The van der Waals surface area contributed by atoms with Crippen LogP contribution in [-0.4, -0.2) is 22.7 Å². The van der Waals surface area contributed by atoms with Gasteiger partial charge in [-0.25, -0.2) is 13.2 Å². The second-order valence-corrected chi connectivity index (χ2v) is 3.84. The summed E-state index contributed by atoms with van der Waals surface area (Å²) < 4.78 is 39.2. The molecule has 0 spiro atoms. The Morgan fingerprint density at radius 3 is 2.53 bits per heavy atom. The molecule has 0 atom stereocenters. The predicted octanol–water partition coefficient (Wildman–Crippen LogP) is 1.67. The summed E-state index contributed by atoms with van der Waals surface area (Å²) in [6, 6.07) is 0.790. The van der Waals surface area contributed by atoms with Crippen LogP contribution in [0.15, 0.2) is 17.2 Å². The third kappa shape index (κ3) is 2.56. The van der Waals surface area contributed by atoms with Gasteiger partial charge in [-0.1, -0.05) is 0 Å². The van der Waals surface area contributed by atoms with Crippen molar-refractivity contribution in [2.75, 3.05) is 5.01 Å². The number of hydrogen-bond donors (Lipinski definition) is 1. The zero-order valence-corrected chi connectivity index (χ0v) is 9.36. The molecule has 2 rings (SSSR count). The number of rotatable bonds is 3. The minimum atomic E-state index is -1.39. The first-order valence-electron chi connectivity index (χ1n) is 5.14. The average molecular weight is 272 g/mol. The Morgan fingerprint density at radius 1 is 1.26 bits per heavy atom. The van der Waals surface area contributed by atoms with Crippen molar-refractivity contribution in [2.24, 2.45) is 5.10 Å². The number of hydrogen-bond acceptors (Lipinski definition) is 3. The third-order valence-corrected chi connectivity index (χ3v) is 2.41. The maximum atomic E-state index is 13.5. The van der Waals surface area contributed by atoms with E-state index in [1.54, 1.807) is 0 Å². The van der Waals surface area contributed by atoms with Crippen molar-refractivity contribution in [1.29, 1.82) is 0 Å². The van der Waals surface area contributed by atoms with E-state index in [9.17, 15) is 22.8 Å². The largest absolute Gasteiger partial charge is 0.481 e. The van der Waals surface area contributed by atoms with Crippen LogP contribution in [0.4, 0.5) is 18.9 Å². The van der Waals surface area contributed by atoms with Gasteiger partial charge in [-0.3, -0.25) is 9.59 Å². The average Bonchev–Trinajstić information content (AvgIpc) is 2.63. The quantitative estimate of drug-likeness (QED) is 0.851. The first-order valence-corrected chi connectivity index (χ1v) is 5.14. The molecule has 100 valence electrons. The number of carboxylic acids is 1. The molecule has 8 heteroatoms. The molecule has 1 aromatic rings. The molecule has 0 radical (unpaired) electrons. The lowest BCUT2D eigenvalue weighted by atomic mass is 10.2. The maximum Gasteiger partial charge on any atom is 0.309 e. The van der Waals surface area contributed by atoms with Crippen LogP contribution in [0.25, 0.3) is 0 Å². The highest BCUT2D eigenvalue weighted by Crippen LogP contribution is 2.26. The second-order valence-electron chi connectivity index (χ2n) is 3.84. The van der Waals surface area contributed by atoms with Gasteiger partial charge >= 0.3 is 5.97 Å². The molecule has 19 heavy (non-hydrogen) atoms. The van der Waals surface area contributed by atoms with Crippen molar-refractivity contribution >= 4 is 23.3 Å². The lowest BCUT2D eigenvalue weighted by molar-refractivity contribution is -0.135. The monoisotopic (exact) mass is 272 g/mol. The Hall–Kier alpha value is -2.38. The Kier molecular flexibility index (Phi) is 3.24. The summed E-state index contributed by atoms with van der Waals surface area (Å²) in [4.78, 5) is 22.0. The fourth-order valence-electron chi connectivity index (χ4n) is 1.62. The third-order valence-electron chi connectivity index (χ3n) is 2.41. The van der Waals surface area contributed by atoms with Crippen LogP contribution in [-0.2, 0) is 9.59 Å². The van der Waals surface area contributed by atoms with Crippen LogP contribution >= 0.6 is 0 Å². The SMILES string of the molecule is O=C(O)CC1=NN(c2cc(F)c(F)cc2F)C(=O)C1. The van der Waals surface area contributed by atoms with Crippen molar-refractivity contribution in [2.45, 2.75) is 12.8 Å². The van der Waals surface area contributed by atoms with Crippen molar-refractivity contribution in [3.63, 3.8) is 0 Å². The van der Waals surface area contributed by atoms with E-state index in [0.29, 0.717) is 17.1 Å². The molecule has 0 aliphatic carbocycles. The van der Waals surface area contributed by atoms with Crippen molar-refractivity contribution < 1.29 is 27.9 Å². The molecule has 5 nitrogen and oxygen atoms in total. The number of carboxylic acid groups (broad SMARTS) is 1. The topological polar surface area (TPSA) is 70.0 Å². The summed E-state index contributed by atoms with van der Waals surface area (Å²) in [6.45, 7) is 0. The van der Waals surface area contributed by atoms with Crippen molar-refractivity contribution in [3.05, 3.63) is 29.6 Å². The number of halogens is 3. The molecule has 1 heterocycles. The predicted molar refractivity (Wildman–Crippen MR) is 58.1 cm³/mol. The van der Waals surface area contributed by atoms with E-state index < -0.39 is 41.4 Å². The van der Waals surface area contributed by atoms with Gasteiger partial charge in [0.25, 0.3) is 5.91 Å². The number of amides is 1. The van der Waals surface area contributed by atoms with Gasteiger partial charge in [0, 0.05) is 12.1 Å². The summed E-state index contributed by atoms with van der Waals surface area (Å²) in [5.41, 5.74) is -0.536. The molecule has 0 aromatic heterocycles. The normalized spacial score (nSPS) is 14.8. The molecular formula is C11H7F3N2O3. The van der Waals surface area contributed by atoms with Crippen LogP contribution in [0.1, 0.15) is 12.8 Å². The molecule has 0 unspecified atom stereocenters. The number of carbonyl (C=O) groups excluding carboxylic acids is 1. The van der Waals surface area contributed by atoms with E-state index in [4.69, 9.17) is 5.11 Å². The second kappa shape index (κ2) is 4.71. The molecule has 1 N–H and O–H groups in total. The van der Waals surface area contributed by atoms with Crippen LogP contribution in [0.3, 0.4) is 0 Å². The zero-order chi connectivity index (χ0) is 14.2. The Morgan fingerprint density at radius 2 is 1.89 bits per heavy atom. The van der Waals surface area contributed by atoms with Crippen LogP contribution in [0.5, 0.6) is 0 Å². The first-order chi connectivity index (χ1) is 8.88. The number of benzene rings is 1. The summed E-state index contributed by atoms with van der Waals surface area (Å²) in [7, 11) is 0. The lowest BCUT2D eigenvalue weighted by Gasteiger charge is -2.12. The van der Waals surface area contributed by atoms with Gasteiger partial charge in [0.1, 0.15) is 5.69 Å². The molecule has 0 bridgehead atoms. The van der Waals surface area contributed by atoms with Crippen molar-refractivity contribution in [3.8, 4) is 0 Å². The molecule has 0 saturated carbocycles. The Balaban J connectivity index is 2.36. The number of nitrogens with zero attached hydrogens (tertiary/aromatic N) is 2. The highest BCUT2D eigenvalue weighted by atomic mass is 19.2. The van der Waals surface area contributed by atoms with Gasteiger partial charge in [-0.2, -0.15) is 10.1 Å². The van der Waals surface area contributed by atoms with E-state index in [-0.39, 0.29) is 12.1 Å². The van der Waals surface area contributed by atoms with Gasteiger partial charge in [-0.15, -0.1) is 0 Å².